The van der Waals surface area contributed by atoms with Crippen molar-refractivity contribution in [3.05, 3.63) is 33.0 Å². The third-order valence-electron chi connectivity index (χ3n) is 2.33. The summed E-state index contributed by atoms with van der Waals surface area (Å²) < 4.78 is 6.40. The van der Waals surface area contributed by atoms with Gasteiger partial charge in [-0.05, 0) is 44.8 Å². The monoisotopic (exact) mass is 400 g/mol. The highest BCUT2D eigenvalue weighted by Gasteiger charge is 2.16. The number of halogens is 2. The van der Waals surface area contributed by atoms with Gasteiger partial charge in [0.25, 0.3) is 0 Å². The van der Waals surface area contributed by atoms with E-state index in [-0.39, 0.29) is 18.0 Å². The van der Waals surface area contributed by atoms with Crippen molar-refractivity contribution in [2.45, 2.75) is 6.92 Å². The van der Waals surface area contributed by atoms with Crippen molar-refractivity contribution in [1.29, 1.82) is 0 Å². The highest BCUT2D eigenvalue weighted by atomic mass is 79.9. The molecule has 8 heteroatoms. The molecule has 0 aromatic carbocycles. The Bertz CT molecular complexity index is 664. The molecule has 0 radical (unpaired) electrons. The fourth-order valence-corrected chi connectivity index (χ4v) is 2.62. The minimum atomic E-state index is -0.542. The van der Waals surface area contributed by atoms with E-state index in [1.807, 2.05) is 6.07 Å². The number of nitrogen functional groups attached to an aromatic ring is 1. The topological polar surface area (TPSA) is 91.0 Å². The Balaban J connectivity index is 2.40. The van der Waals surface area contributed by atoms with Crippen LogP contribution in [0.3, 0.4) is 0 Å². The standard InChI is InChI=1S/C12H10Br2N4O2/c1-2-20-12(19)7-5-17-11(18-10(7)15)9-8(14)3-6(13)4-16-9/h3-5H,2H2,1H3,(H2,15,17,18). The van der Waals surface area contributed by atoms with Crippen LogP contribution < -0.4 is 5.73 Å². The van der Waals surface area contributed by atoms with Gasteiger partial charge in [-0.25, -0.2) is 14.8 Å². The molecule has 0 aliphatic carbocycles. The average Bonchev–Trinajstić information content (AvgIpc) is 2.38. The van der Waals surface area contributed by atoms with E-state index in [1.165, 1.54) is 6.20 Å². The van der Waals surface area contributed by atoms with Gasteiger partial charge >= 0.3 is 5.97 Å². The first-order valence-corrected chi connectivity index (χ1v) is 7.22. The quantitative estimate of drug-likeness (QED) is 0.795. The molecule has 0 fully saturated rings. The second kappa shape index (κ2) is 6.27. The van der Waals surface area contributed by atoms with E-state index in [1.54, 1.807) is 13.1 Å². The molecule has 0 amide bonds. The summed E-state index contributed by atoms with van der Waals surface area (Å²) in [7, 11) is 0. The van der Waals surface area contributed by atoms with Crippen LogP contribution in [0.15, 0.2) is 27.4 Å². The molecule has 0 unspecified atom stereocenters. The Morgan fingerprint density at radius 2 is 2.10 bits per heavy atom. The summed E-state index contributed by atoms with van der Waals surface area (Å²) >= 11 is 6.69. The van der Waals surface area contributed by atoms with Gasteiger partial charge < -0.3 is 10.5 Å². The lowest BCUT2D eigenvalue weighted by molar-refractivity contribution is 0.0527. The number of carbonyl (C=O) groups excluding carboxylic acids is 1. The van der Waals surface area contributed by atoms with Crippen LogP contribution in [0.25, 0.3) is 11.5 Å². The van der Waals surface area contributed by atoms with Gasteiger partial charge in [0.05, 0.1) is 6.61 Å². The van der Waals surface area contributed by atoms with Crippen molar-refractivity contribution in [3.8, 4) is 11.5 Å². The first-order chi connectivity index (χ1) is 9.52. The largest absolute Gasteiger partial charge is 0.462 e. The Labute approximate surface area is 132 Å². The van der Waals surface area contributed by atoms with Gasteiger partial charge in [0.15, 0.2) is 5.82 Å². The van der Waals surface area contributed by atoms with E-state index >= 15 is 0 Å². The molecule has 20 heavy (non-hydrogen) atoms. The summed E-state index contributed by atoms with van der Waals surface area (Å²) in [5, 5.41) is 0. The highest BCUT2D eigenvalue weighted by Crippen LogP contribution is 2.26. The van der Waals surface area contributed by atoms with Crippen LogP contribution in [0, 0.1) is 0 Å². The SMILES string of the molecule is CCOC(=O)c1cnc(-c2ncc(Br)cc2Br)nc1N. The van der Waals surface area contributed by atoms with Crippen molar-refractivity contribution in [1.82, 2.24) is 15.0 Å². The summed E-state index contributed by atoms with van der Waals surface area (Å²) in [4.78, 5) is 24.0. The second-order valence-corrected chi connectivity index (χ2v) is 5.47. The predicted molar refractivity (Wildman–Crippen MR) is 81.0 cm³/mol. The van der Waals surface area contributed by atoms with Crippen LogP contribution in [0.2, 0.25) is 0 Å². The third kappa shape index (κ3) is 3.13. The summed E-state index contributed by atoms with van der Waals surface area (Å²) in [6.45, 7) is 1.98. The first kappa shape index (κ1) is 14.9. The Kier molecular flexibility index (Phi) is 4.66. The van der Waals surface area contributed by atoms with Crippen molar-refractivity contribution >= 4 is 43.6 Å². The number of hydrogen-bond acceptors (Lipinski definition) is 6. The van der Waals surface area contributed by atoms with E-state index in [0.29, 0.717) is 11.5 Å². The first-order valence-electron chi connectivity index (χ1n) is 5.64. The zero-order chi connectivity index (χ0) is 14.7. The minimum Gasteiger partial charge on any atom is -0.462 e. The van der Waals surface area contributed by atoms with Crippen LogP contribution >= 0.6 is 31.9 Å². The molecule has 0 aliphatic rings. The molecule has 6 nitrogen and oxygen atoms in total. The number of nitrogens with two attached hydrogens (primary N) is 1. The van der Waals surface area contributed by atoms with Gasteiger partial charge in [0.2, 0.25) is 0 Å². The number of nitrogens with zero attached hydrogens (tertiary/aromatic N) is 3. The van der Waals surface area contributed by atoms with E-state index in [4.69, 9.17) is 10.5 Å². The van der Waals surface area contributed by atoms with E-state index < -0.39 is 5.97 Å². The lowest BCUT2D eigenvalue weighted by Gasteiger charge is -2.07. The van der Waals surface area contributed by atoms with Crippen molar-refractivity contribution in [3.63, 3.8) is 0 Å². The molecule has 2 aromatic heterocycles. The number of aromatic nitrogens is 3. The predicted octanol–water partition coefficient (Wildman–Crippen LogP) is 2.82. The second-order valence-electron chi connectivity index (χ2n) is 3.70. The third-order valence-corrected chi connectivity index (χ3v) is 3.37. The number of hydrogen-bond donors (Lipinski definition) is 1. The van der Waals surface area contributed by atoms with Crippen molar-refractivity contribution in [2.75, 3.05) is 12.3 Å². The molecule has 0 atom stereocenters. The van der Waals surface area contributed by atoms with Crippen LogP contribution in [0.5, 0.6) is 0 Å². The molecule has 104 valence electrons. The lowest BCUT2D eigenvalue weighted by Crippen LogP contribution is -2.11. The fourth-order valence-electron chi connectivity index (χ4n) is 1.45. The zero-order valence-corrected chi connectivity index (χ0v) is 13.6. The van der Waals surface area contributed by atoms with Gasteiger partial charge in [-0.15, -0.1) is 0 Å². The molecular weight excluding hydrogens is 392 g/mol. The maximum absolute atomic E-state index is 11.6. The van der Waals surface area contributed by atoms with Crippen LogP contribution in [0.1, 0.15) is 17.3 Å². The fraction of sp³-hybridized carbons (Fsp3) is 0.167. The molecule has 0 saturated heterocycles. The number of ether oxygens (including phenoxy) is 1. The number of pyridine rings is 1. The normalized spacial score (nSPS) is 10.3. The molecule has 2 rings (SSSR count). The number of carbonyl (C=O) groups is 1. The van der Waals surface area contributed by atoms with Crippen LogP contribution in [-0.2, 0) is 4.74 Å². The molecule has 0 spiro atoms. The molecule has 2 heterocycles. The van der Waals surface area contributed by atoms with Crippen molar-refractivity contribution < 1.29 is 9.53 Å². The Morgan fingerprint density at radius 1 is 1.35 bits per heavy atom. The Morgan fingerprint density at radius 3 is 2.70 bits per heavy atom. The molecule has 0 bridgehead atoms. The molecule has 0 aliphatic heterocycles. The lowest BCUT2D eigenvalue weighted by atomic mass is 10.3. The van der Waals surface area contributed by atoms with E-state index in [0.717, 1.165) is 8.95 Å². The summed E-state index contributed by atoms with van der Waals surface area (Å²) in [6, 6.07) is 1.82. The molecular formula is C12H10Br2N4O2. The zero-order valence-electron chi connectivity index (χ0n) is 10.4. The molecule has 2 N–H and O–H groups in total. The van der Waals surface area contributed by atoms with Crippen molar-refractivity contribution in [2.24, 2.45) is 0 Å². The van der Waals surface area contributed by atoms with Crippen LogP contribution in [-0.4, -0.2) is 27.5 Å². The number of esters is 1. The summed E-state index contributed by atoms with van der Waals surface area (Å²) in [6.07, 6.45) is 2.96. The maximum Gasteiger partial charge on any atom is 0.343 e. The molecule has 2 aromatic rings. The van der Waals surface area contributed by atoms with Gasteiger partial charge in [-0.2, -0.15) is 0 Å². The van der Waals surface area contributed by atoms with Gasteiger partial charge in [0, 0.05) is 21.3 Å². The summed E-state index contributed by atoms with van der Waals surface area (Å²) in [5.41, 5.74) is 6.45. The molecule has 0 saturated carbocycles. The highest BCUT2D eigenvalue weighted by molar-refractivity contribution is 9.11. The maximum atomic E-state index is 11.6. The van der Waals surface area contributed by atoms with Gasteiger partial charge in [-0.3, -0.25) is 4.98 Å². The van der Waals surface area contributed by atoms with E-state index in [9.17, 15) is 4.79 Å². The number of anilines is 1. The smallest absolute Gasteiger partial charge is 0.343 e. The summed E-state index contributed by atoms with van der Waals surface area (Å²) in [5.74, 6) is -0.153. The van der Waals surface area contributed by atoms with Gasteiger partial charge in [0.1, 0.15) is 17.1 Å². The number of rotatable bonds is 3. The van der Waals surface area contributed by atoms with Gasteiger partial charge in [-0.1, -0.05) is 0 Å². The average molecular weight is 402 g/mol. The minimum absolute atomic E-state index is 0.0602. The Hall–Kier alpha value is -1.54. The van der Waals surface area contributed by atoms with Crippen LogP contribution in [0.4, 0.5) is 5.82 Å². The van der Waals surface area contributed by atoms with E-state index in [2.05, 4.69) is 46.8 Å².